The number of piperidine rings is 1. The number of nitrogens with zero attached hydrogens (tertiary/aromatic N) is 1. The van der Waals surface area contributed by atoms with Gasteiger partial charge in [-0.25, -0.2) is 0 Å². The quantitative estimate of drug-likeness (QED) is 0.620. The lowest BCUT2D eigenvalue weighted by atomic mass is 9.99. The topological polar surface area (TPSA) is 35.5 Å². The third-order valence-corrected chi connectivity index (χ3v) is 3.58. The second-order valence-electron chi connectivity index (χ2n) is 4.86. The summed E-state index contributed by atoms with van der Waals surface area (Å²) in [5.74, 6) is 0. The van der Waals surface area contributed by atoms with Crippen LogP contribution in [0.2, 0.25) is 0 Å². The summed E-state index contributed by atoms with van der Waals surface area (Å²) in [7, 11) is 2.04. The Morgan fingerprint density at radius 1 is 1.25 bits per heavy atom. The van der Waals surface area contributed by atoms with Gasteiger partial charge in [0.2, 0.25) is 0 Å². The third-order valence-electron chi connectivity index (χ3n) is 3.58. The summed E-state index contributed by atoms with van der Waals surface area (Å²) in [6.07, 6.45) is 8.83. The van der Waals surface area contributed by atoms with Crippen molar-refractivity contribution < 1.29 is 5.11 Å². The molecule has 16 heavy (non-hydrogen) atoms. The van der Waals surface area contributed by atoms with Crippen LogP contribution in [0.4, 0.5) is 0 Å². The van der Waals surface area contributed by atoms with Gasteiger partial charge in [-0.15, -0.1) is 0 Å². The Kier molecular flexibility index (Phi) is 7.81. The molecule has 0 aromatic rings. The molecule has 1 unspecified atom stereocenters. The summed E-state index contributed by atoms with van der Waals surface area (Å²) < 4.78 is 0. The van der Waals surface area contributed by atoms with E-state index in [1.54, 1.807) is 0 Å². The predicted octanol–water partition coefficient (Wildman–Crippen LogP) is 1.61. The van der Waals surface area contributed by atoms with Crippen molar-refractivity contribution in [1.29, 1.82) is 0 Å². The van der Waals surface area contributed by atoms with Crippen molar-refractivity contribution in [3.63, 3.8) is 0 Å². The molecule has 1 atom stereocenters. The first-order chi connectivity index (χ1) is 7.88. The molecule has 0 aliphatic carbocycles. The van der Waals surface area contributed by atoms with E-state index in [9.17, 15) is 0 Å². The van der Waals surface area contributed by atoms with Gasteiger partial charge >= 0.3 is 0 Å². The summed E-state index contributed by atoms with van der Waals surface area (Å²) in [6.45, 7) is 4.00. The molecule has 0 saturated carbocycles. The zero-order valence-corrected chi connectivity index (χ0v) is 10.7. The van der Waals surface area contributed by atoms with E-state index in [0.717, 1.165) is 19.0 Å². The second-order valence-corrected chi connectivity index (χ2v) is 4.86. The number of rotatable bonds is 8. The van der Waals surface area contributed by atoms with Crippen LogP contribution in [0, 0.1) is 0 Å². The van der Waals surface area contributed by atoms with Crippen LogP contribution < -0.4 is 5.32 Å². The van der Waals surface area contributed by atoms with Gasteiger partial charge < -0.3 is 15.3 Å². The lowest BCUT2D eigenvalue weighted by Gasteiger charge is -2.35. The van der Waals surface area contributed by atoms with Gasteiger partial charge in [0.25, 0.3) is 0 Å². The molecule has 1 rings (SSSR count). The molecule has 0 radical (unpaired) electrons. The van der Waals surface area contributed by atoms with Crippen LogP contribution >= 0.6 is 0 Å². The molecule has 0 bridgehead atoms. The highest BCUT2D eigenvalue weighted by molar-refractivity contribution is 4.77. The number of likely N-dealkylation sites (tertiary alicyclic amines) is 1. The molecular formula is C13H28N2O. The molecule has 96 valence electrons. The number of unbranched alkanes of at least 4 members (excludes halogenated alkanes) is 2. The molecule has 1 saturated heterocycles. The third kappa shape index (κ3) is 5.28. The van der Waals surface area contributed by atoms with Gasteiger partial charge in [0.15, 0.2) is 0 Å². The van der Waals surface area contributed by atoms with E-state index in [4.69, 9.17) is 5.11 Å². The van der Waals surface area contributed by atoms with Gasteiger partial charge in [0, 0.05) is 12.6 Å². The summed E-state index contributed by atoms with van der Waals surface area (Å²) >= 11 is 0. The van der Waals surface area contributed by atoms with Crippen LogP contribution in [-0.2, 0) is 0 Å². The average molecular weight is 228 g/mol. The Morgan fingerprint density at radius 2 is 2.12 bits per heavy atom. The van der Waals surface area contributed by atoms with Crippen LogP contribution in [0.5, 0.6) is 0 Å². The summed E-state index contributed by atoms with van der Waals surface area (Å²) in [6, 6.07) is 0.801. The summed E-state index contributed by atoms with van der Waals surface area (Å²) in [5, 5.41) is 12.0. The van der Waals surface area contributed by atoms with Crippen molar-refractivity contribution in [1.82, 2.24) is 10.2 Å². The van der Waals surface area contributed by atoms with Gasteiger partial charge in [-0.2, -0.15) is 0 Å². The van der Waals surface area contributed by atoms with Crippen molar-refractivity contribution >= 4 is 0 Å². The van der Waals surface area contributed by atoms with E-state index < -0.39 is 0 Å². The minimum atomic E-state index is 0.350. The van der Waals surface area contributed by atoms with Gasteiger partial charge in [0.1, 0.15) is 0 Å². The van der Waals surface area contributed by atoms with Crippen molar-refractivity contribution in [3.8, 4) is 0 Å². The summed E-state index contributed by atoms with van der Waals surface area (Å²) in [5.41, 5.74) is 0. The molecule has 0 spiro atoms. The molecule has 0 aromatic heterocycles. The van der Waals surface area contributed by atoms with Crippen LogP contribution in [0.25, 0.3) is 0 Å². The number of nitrogens with one attached hydrogen (secondary N) is 1. The van der Waals surface area contributed by atoms with E-state index in [-0.39, 0.29) is 0 Å². The fourth-order valence-electron chi connectivity index (χ4n) is 2.60. The highest BCUT2D eigenvalue weighted by Gasteiger charge is 2.20. The standard InChI is InChI=1S/C13H28N2O/c1-14-9-8-13-7-3-5-11-15(13)10-4-2-6-12-16/h13-14,16H,2-12H2,1H3. The number of hydrogen-bond donors (Lipinski definition) is 2. The molecule has 0 amide bonds. The number of aliphatic hydroxyl groups is 1. The first-order valence-corrected chi connectivity index (χ1v) is 6.88. The monoisotopic (exact) mass is 228 g/mol. The van der Waals surface area contributed by atoms with Crippen LogP contribution in [-0.4, -0.2) is 49.3 Å². The molecule has 1 heterocycles. The van der Waals surface area contributed by atoms with E-state index in [0.29, 0.717) is 6.61 Å². The van der Waals surface area contributed by atoms with Crippen molar-refractivity contribution in [2.75, 3.05) is 33.3 Å². The second kappa shape index (κ2) is 8.97. The van der Waals surface area contributed by atoms with Gasteiger partial charge in [-0.05, 0) is 65.2 Å². The largest absolute Gasteiger partial charge is 0.396 e. The van der Waals surface area contributed by atoms with Gasteiger partial charge in [-0.1, -0.05) is 6.42 Å². The Morgan fingerprint density at radius 3 is 2.88 bits per heavy atom. The normalized spacial score (nSPS) is 22.5. The van der Waals surface area contributed by atoms with Crippen LogP contribution in [0.1, 0.15) is 44.9 Å². The Bertz CT molecular complexity index is 164. The molecule has 1 fully saturated rings. The molecule has 3 nitrogen and oxygen atoms in total. The number of aliphatic hydroxyl groups excluding tert-OH is 1. The maximum absolute atomic E-state index is 8.75. The lowest BCUT2D eigenvalue weighted by molar-refractivity contribution is 0.136. The van der Waals surface area contributed by atoms with E-state index in [1.165, 1.54) is 51.6 Å². The van der Waals surface area contributed by atoms with E-state index >= 15 is 0 Å². The zero-order chi connectivity index (χ0) is 11.6. The fourth-order valence-corrected chi connectivity index (χ4v) is 2.60. The minimum absolute atomic E-state index is 0.350. The summed E-state index contributed by atoms with van der Waals surface area (Å²) in [4.78, 5) is 2.66. The Hall–Kier alpha value is -0.120. The van der Waals surface area contributed by atoms with Crippen molar-refractivity contribution in [3.05, 3.63) is 0 Å². The number of hydrogen-bond acceptors (Lipinski definition) is 3. The highest BCUT2D eigenvalue weighted by atomic mass is 16.2. The first kappa shape index (κ1) is 13.9. The molecule has 1 aliphatic heterocycles. The zero-order valence-electron chi connectivity index (χ0n) is 10.7. The minimum Gasteiger partial charge on any atom is -0.396 e. The Balaban J connectivity index is 2.18. The Labute approximate surface area is 100 Å². The van der Waals surface area contributed by atoms with E-state index in [1.807, 2.05) is 7.05 Å². The molecule has 0 aromatic carbocycles. The molecule has 2 N–H and O–H groups in total. The lowest BCUT2D eigenvalue weighted by Crippen LogP contribution is -2.41. The average Bonchev–Trinajstić information content (AvgIpc) is 2.33. The maximum Gasteiger partial charge on any atom is 0.0431 e. The van der Waals surface area contributed by atoms with E-state index in [2.05, 4.69) is 10.2 Å². The fraction of sp³-hybridized carbons (Fsp3) is 1.00. The van der Waals surface area contributed by atoms with Crippen LogP contribution in [0.3, 0.4) is 0 Å². The first-order valence-electron chi connectivity index (χ1n) is 6.88. The SMILES string of the molecule is CNCCC1CCCCN1CCCCCO. The maximum atomic E-state index is 8.75. The smallest absolute Gasteiger partial charge is 0.0431 e. The molecular weight excluding hydrogens is 200 g/mol. The molecule has 1 aliphatic rings. The van der Waals surface area contributed by atoms with Gasteiger partial charge in [-0.3, -0.25) is 0 Å². The predicted molar refractivity (Wildman–Crippen MR) is 68.7 cm³/mol. The molecule has 3 heteroatoms. The highest BCUT2D eigenvalue weighted by Crippen LogP contribution is 2.19. The van der Waals surface area contributed by atoms with Crippen LogP contribution in [0.15, 0.2) is 0 Å². The van der Waals surface area contributed by atoms with Crippen molar-refractivity contribution in [2.45, 2.75) is 51.0 Å². The van der Waals surface area contributed by atoms with Gasteiger partial charge in [0.05, 0.1) is 0 Å². The van der Waals surface area contributed by atoms with Crippen molar-refractivity contribution in [2.24, 2.45) is 0 Å².